The molecular formula is C37H46F4O2. The van der Waals surface area contributed by atoms with Crippen LogP contribution in [0, 0.1) is 70.6 Å². The minimum absolute atomic E-state index is 0.0339. The lowest BCUT2D eigenvalue weighted by molar-refractivity contribution is 0.295. The van der Waals surface area contributed by atoms with Crippen LogP contribution in [0.15, 0.2) is 24.3 Å². The van der Waals surface area contributed by atoms with Gasteiger partial charge in [0.1, 0.15) is 0 Å². The van der Waals surface area contributed by atoms with Crippen LogP contribution in [-0.2, 0) is 0 Å². The normalized spacial score (nSPS) is 21.3. The van der Waals surface area contributed by atoms with Crippen molar-refractivity contribution >= 4 is 0 Å². The van der Waals surface area contributed by atoms with Crippen LogP contribution in [0.25, 0.3) is 0 Å². The molecule has 0 aromatic heterocycles. The summed E-state index contributed by atoms with van der Waals surface area (Å²) in [5.74, 6) is 10.3. The number of hydrogen-bond acceptors (Lipinski definition) is 2. The highest BCUT2D eigenvalue weighted by molar-refractivity contribution is 5.42. The highest BCUT2D eigenvalue weighted by atomic mass is 19.2. The van der Waals surface area contributed by atoms with Crippen molar-refractivity contribution in [3.8, 4) is 35.2 Å². The lowest BCUT2D eigenvalue weighted by Crippen LogP contribution is -2.12. The highest BCUT2D eigenvalue weighted by Gasteiger charge is 2.19. The molecule has 2 aliphatic carbocycles. The van der Waals surface area contributed by atoms with Crippen LogP contribution in [-0.4, -0.2) is 13.2 Å². The van der Waals surface area contributed by atoms with Crippen molar-refractivity contribution < 1.29 is 27.0 Å². The first-order valence-corrected chi connectivity index (χ1v) is 16.0. The second kappa shape index (κ2) is 17.9. The Bertz CT molecular complexity index is 1280. The Labute approximate surface area is 255 Å². The van der Waals surface area contributed by atoms with Crippen molar-refractivity contribution in [1.82, 2.24) is 0 Å². The quantitative estimate of drug-likeness (QED) is 0.233. The Kier molecular flexibility index (Phi) is 14.3. The fraction of sp³-hybridized carbons (Fsp3) is 0.568. The molecule has 0 spiro atoms. The zero-order valence-corrected chi connectivity index (χ0v) is 26.1. The van der Waals surface area contributed by atoms with E-state index in [9.17, 15) is 17.6 Å². The standard InChI is InChI=1S/C19H24F2O.C18H22F2O/c1-3-13-22-17-12-11-16(18(20)19(17)21)10-9-15-7-5-14(4-2)6-8-15;1-3-12-21-16-11-10-15(17(19)18(16)20)9-8-14-6-4-13(2)5-7-14/h11-12,14-15H,3-8,13H2,1-2H3;10-11,13-14H,3-7,12H2,1-2H3/t14-,15-;13-,14-. The van der Waals surface area contributed by atoms with Gasteiger partial charge in [-0.2, -0.15) is 8.78 Å². The maximum Gasteiger partial charge on any atom is 0.201 e. The minimum Gasteiger partial charge on any atom is -0.490 e. The third-order valence-electron chi connectivity index (χ3n) is 8.28. The van der Waals surface area contributed by atoms with Crippen LogP contribution in [0.1, 0.15) is 109 Å². The van der Waals surface area contributed by atoms with Gasteiger partial charge in [0.15, 0.2) is 23.1 Å². The number of halogens is 4. The van der Waals surface area contributed by atoms with Gasteiger partial charge in [-0.25, -0.2) is 8.78 Å². The summed E-state index contributed by atoms with van der Waals surface area (Å²) in [7, 11) is 0. The summed E-state index contributed by atoms with van der Waals surface area (Å²) >= 11 is 0. The molecule has 0 heterocycles. The molecule has 2 aromatic rings. The van der Waals surface area contributed by atoms with Gasteiger partial charge in [-0.1, -0.05) is 57.8 Å². The predicted molar refractivity (Wildman–Crippen MR) is 165 cm³/mol. The summed E-state index contributed by atoms with van der Waals surface area (Å²) in [5.41, 5.74) is 0.244. The molecule has 234 valence electrons. The molecule has 2 fully saturated rings. The molecule has 0 unspecified atom stereocenters. The number of ether oxygens (including phenoxy) is 2. The molecule has 0 saturated heterocycles. The zero-order chi connectivity index (χ0) is 31.2. The van der Waals surface area contributed by atoms with Gasteiger partial charge in [0, 0.05) is 11.8 Å². The molecule has 6 heteroatoms. The van der Waals surface area contributed by atoms with Crippen LogP contribution >= 0.6 is 0 Å². The Morgan fingerprint density at radius 1 is 0.605 bits per heavy atom. The van der Waals surface area contributed by atoms with E-state index in [4.69, 9.17) is 9.47 Å². The van der Waals surface area contributed by atoms with Gasteiger partial charge in [-0.15, -0.1) is 0 Å². The topological polar surface area (TPSA) is 18.5 Å². The van der Waals surface area contributed by atoms with E-state index in [0.717, 1.165) is 50.4 Å². The van der Waals surface area contributed by atoms with E-state index >= 15 is 0 Å². The van der Waals surface area contributed by atoms with E-state index in [1.54, 1.807) is 0 Å². The third kappa shape index (κ3) is 10.5. The second-order valence-electron chi connectivity index (χ2n) is 11.8. The lowest BCUT2D eigenvalue weighted by atomic mass is 9.81. The molecule has 4 rings (SSSR count). The van der Waals surface area contributed by atoms with E-state index < -0.39 is 23.3 Å². The molecule has 43 heavy (non-hydrogen) atoms. The van der Waals surface area contributed by atoms with Gasteiger partial charge in [-0.05, 0) is 100 Å². The van der Waals surface area contributed by atoms with Gasteiger partial charge >= 0.3 is 0 Å². The largest absolute Gasteiger partial charge is 0.490 e. The minimum atomic E-state index is -0.937. The van der Waals surface area contributed by atoms with Gasteiger partial charge in [0.2, 0.25) is 11.6 Å². The SMILES string of the molecule is CCCOc1ccc(C#C[C@H]2CC[C@H](C)CC2)c(F)c1F.CCCOc1ccc(C#C[C@H]2CC[C@H](CC)CC2)c(F)c1F. The first kappa shape index (κ1) is 34.4. The van der Waals surface area contributed by atoms with Gasteiger partial charge < -0.3 is 9.47 Å². The summed E-state index contributed by atoms with van der Waals surface area (Å²) in [6.45, 7) is 9.05. The van der Waals surface area contributed by atoms with Crippen molar-refractivity contribution in [1.29, 1.82) is 0 Å². The van der Waals surface area contributed by atoms with Crippen LogP contribution in [0.3, 0.4) is 0 Å². The Morgan fingerprint density at radius 3 is 1.42 bits per heavy atom. The number of benzene rings is 2. The molecule has 0 N–H and O–H groups in total. The van der Waals surface area contributed by atoms with Gasteiger partial charge in [-0.3, -0.25) is 0 Å². The molecule has 0 aliphatic heterocycles. The summed E-state index contributed by atoms with van der Waals surface area (Å²) in [6.07, 6.45) is 11.7. The van der Waals surface area contributed by atoms with E-state index in [-0.39, 0.29) is 22.6 Å². The predicted octanol–water partition coefficient (Wildman–Crippen LogP) is 10.3. The van der Waals surface area contributed by atoms with Crippen LogP contribution in [0.2, 0.25) is 0 Å². The maximum absolute atomic E-state index is 14.0. The van der Waals surface area contributed by atoms with E-state index in [2.05, 4.69) is 37.5 Å². The van der Waals surface area contributed by atoms with Crippen molar-refractivity contribution in [2.24, 2.45) is 23.7 Å². The molecule has 0 amide bonds. The molecule has 2 aromatic carbocycles. The first-order valence-electron chi connectivity index (χ1n) is 16.0. The Hall–Kier alpha value is -3.12. The van der Waals surface area contributed by atoms with E-state index in [1.165, 1.54) is 56.4 Å². The van der Waals surface area contributed by atoms with E-state index in [0.29, 0.717) is 25.0 Å². The molecule has 2 nitrogen and oxygen atoms in total. The summed E-state index contributed by atoms with van der Waals surface area (Å²) in [5, 5.41) is 0. The number of rotatable bonds is 7. The molecule has 0 atom stereocenters. The van der Waals surface area contributed by atoms with Crippen molar-refractivity contribution in [2.45, 2.75) is 98.3 Å². The van der Waals surface area contributed by atoms with E-state index in [1.807, 2.05) is 13.8 Å². The highest BCUT2D eigenvalue weighted by Crippen LogP contribution is 2.31. The lowest BCUT2D eigenvalue weighted by Gasteiger charge is -2.24. The fourth-order valence-corrected chi connectivity index (χ4v) is 5.38. The van der Waals surface area contributed by atoms with Crippen LogP contribution in [0.5, 0.6) is 11.5 Å². The average molecular weight is 599 g/mol. The van der Waals surface area contributed by atoms with Crippen molar-refractivity contribution in [2.75, 3.05) is 13.2 Å². The Morgan fingerprint density at radius 2 is 1.02 bits per heavy atom. The third-order valence-corrected chi connectivity index (χ3v) is 8.28. The fourth-order valence-electron chi connectivity index (χ4n) is 5.38. The first-order chi connectivity index (χ1) is 20.8. The zero-order valence-electron chi connectivity index (χ0n) is 26.1. The van der Waals surface area contributed by atoms with Crippen LogP contribution < -0.4 is 9.47 Å². The molecule has 0 bridgehead atoms. The van der Waals surface area contributed by atoms with Crippen molar-refractivity contribution in [3.05, 3.63) is 58.7 Å². The van der Waals surface area contributed by atoms with Gasteiger partial charge in [0.25, 0.3) is 0 Å². The summed E-state index contributed by atoms with van der Waals surface area (Å²) in [6, 6.07) is 5.93. The van der Waals surface area contributed by atoms with Crippen LogP contribution in [0.4, 0.5) is 17.6 Å². The monoisotopic (exact) mass is 598 g/mol. The molecular weight excluding hydrogens is 552 g/mol. The molecule has 0 radical (unpaired) electrons. The second-order valence-corrected chi connectivity index (χ2v) is 11.8. The average Bonchev–Trinajstić information content (AvgIpc) is 3.03. The number of hydrogen-bond donors (Lipinski definition) is 0. The summed E-state index contributed by atoms with van der Waals surface area (Å²) < 4.78 is 66.0. The maximum atomic E-state index is 14.0. The van der Waals surface area contributed by atoms with Crippen molar-refractivity contribution in [3.63, 3.8) is 0 Å². The Balaban J connectivity index is 0.000000236. The molecule has 2 saturated carbocycles. The van der Waals surface area contributed by atoms with Gasteiger partial charge in [0.05, 0.1) is 24.3 Å². The smallest absolute Gasteiger partial charge is 0.201 e. The summed E-state index contributed by atoms with van der Waals surface area (Å²) in [4.78, 5) is 0. The molecule has 2 aliphatic rings.